The summed E-state index contributed by atoms with van der Waals surface area (Å²) in [5, 5.41) is 26.7. The van der Waals surface area contributed by atoms with Gasteiger partial charge in [0.15, 0.2) is 12.2 Å². The molecule has 3 atom stereocenters. The molecule has 2 saturated heterocycles. The van der Waals surface area contributed by atoms with Gasteiger partial charge in [-0.3, -0.25) is 9.59 Å². The Morgan fingerprint density at radius 1 is 1.02 bits per heavy atom. The fourth-order valence-corrected chi connectivity index (χ4v) is 6.64. The minimum Gasteiger partial charge on any atom is -0.380 e. The number of anilines is 1. The molecule has 0 spiro atoms. The van der Waals surface area contributed by atoms with Gasteiger partial charge in [0.25, 0.3) is 11.8 Å². The monoisotopic (exact) mass is 591 g/mol. The molecule has 3 aromatic rings. The van der Waals surface area contributed by atoms with Crippen LogP contribution in [0.25, 0.3) is 0 Å². The highest BCUT2D eigenvalue weighted by atomic mass is 32.1. The summed E-state index contributed by atoms with van der Waals surface area (Å²) in [7, 11) is 2.12. The number of carbonyl (C=O) groups excluding carboxylic acids is 2. The average Bonchev–Trinajstić information content (AvgIpc) is 3.67. The van der Waals surface area contributed by atoms with Gasteiger partial charge < -0.3 is 30.2 Å². The Hall–Kier alpha value is -3.31. The van der Waals surface area contributed by atoms with Crippen LogP contribution < -0.4 is 10.2 Å². The van der Waals surface area contributed by atoms with Crippen molar-refractivity contribution in [3.05, 3.63) is 80.8 Å². The number of thiazole rings is 1. The molecule has 2 fully saturated rings. The maximum atomic E-state index is 13.3. The van der Waals surface area contributed by atoms with E-state index in [4.69, 9.17) is 0 Å². The van der Waals surface area contributed by atoms with E-state index in [0.717, 1.165) is 56.0 Å². The molecule has 224 valence electrons. The number of piperazine rings is 1. The minimum absolute atomic E-state index is 0.111. The molecule has 2 amide bonds. The molecule has 42 heavy (non-hydrogen) atoms. The first-order valence-corrected chi connectivity index (χ1v) is 15.6. The molecule has 10 heteroatoms. The van der Waals surface area contributed by atoms with Crippen LogP contribution in [-0.4, -0.2) is 88.8 Å². The molecule has 2 aliphatic rings. The number of aromatic nitrogens is 1. The van der Waals surface area contributed by atoms with Crippen molar-refractivity contribution in [2.75, 3.05) is 44.7 Å². The average molecular weight is 592 g/mol. The van der Waals surface area contributed by atoms with Crippen LogP contribution in [0.3, 0.4) is 0 Å². The van der Waals surface area contributed by atoms with Gasteiger partial charge in [-0.15, -0.1) is 11.3 Å². The molecule has 0 bridgehead atoms. The largest absolute Gasteiger partial charge is 0.380 e. The zero-order valence-electron chi connectivity index (χ0n) is 24.6. The lowest BCUT2D eigenvalue weighted by Crippen LogP contribution is -2.50. The predicted octanol–water partition coefficient (Wildman–Crippen LogP) is 2.80. The smallest absolute Gasteiger partial charge is 0.255 e. The number of hydrogen-bond acceptors (Lipinski definition) is 8. The van der Waals surface area contributed by atoms with Gasteiger partial charge in [0.2, 0.25) is 0 Å². The maximum absolute atomic E-state index is 13.3. The van der Waals surface area contributed by atoms with E-state index in [1.165, 1.54) is 28.0 Å². The van der Waals surface area contributed by atoms with E-state index < -0.39 is 24.0 Å². The van der Waals surface area contributed by atoms with Crippen molar-refractivity contribution in [3.8, 4) is 0 Å². The number of nitrogens with one attached hydrogen (secondary N) is 1. The number of nitrogens with zero attached hydrogens (tertiary/aromatic N) is 4. The molecule has 0 radical (unpaired) electrons. The zero-order valence-corrected chi connectivity index (χ0v) is 25.4. The standard InChI is InChI=1S/C32H41N5O4S/c1-21-7-4-8-22(2)26(21)18-24-20-42-28(34-24)19-33-31(40)29(38)30(39)32(41)37-12-6-11-27(37)23-9-5-10-25(17-23)36-15-13-35(3)14-16-36/h4-5,7-10,17,20,27,29-30,38-39H,6,11-16,18-19H2,1-3H3,(H,33,40). The molecule has 9 nitrogen and oxygen atoms in total. The molecule has 0 aliphatic carbocycles. The molecule has 3 heterocycles. The van der Waals surface area contributed by atoms with Gasteiger partial charge in [0.1, 0.15) is 5.01 Å². The van der Waals surface area contributed by atoms with Crippen LogP contribution in [0, 0.1) is 13.8 Å². The molecule has 3 unspecified atom stereocenters. The summed E-state index contributed by atoms with van der Waals surface area (Å²) in [6, 6.07) is 14.2. The van der Waals surface area contributed by atoms with Crippen LogP contribution >= 0.6 is 11.3 Å². The highest BCUT2D eigenvalue weighted by molar-refractivity contribution is 7.09. The lowest BCUT2D eigenvalue weighted by Gasteiger charge is -2.35. The third-order valence-corrected chi connectivity index (χ3v) is 9.39. The number of likely N-dealkylation sites (N-methyl/N-ethyl adjacent to an activating group) is 1. The third kappa shape index (κ3) is 6.83. The van der Waals surface area contributed by atoms with Gasteiger partial charge in [0.05, 0.1) is 18.3 Å². The van der Waals surface area contributed by atoms with E-state index in [2.05, 4.69) is 65.3 Å². The van der Waals surface area contributed by atoms with E-state index in [1.807, 2.05) is 23.6 Å². The fraction of sp³-hybridized carbons (Fsp3) is 0.469. The Bertz CT molecular complexity index is 1380. The molecule has 3 N–H and O–H groups in total. The van der Waals surface area contributed by atoms with E-state index in [-0.39, 0.29) is 12.6 Å². The first-order valence-electron chi connectivity index (χ1n) is 14.7. The van der Waals surface area contributed by atoms with Crippen LogP contribution in [0.5, 0.6) is 0 Å². The fourth-order valence-electron chi connectivity index (χ4n) is 5.91. The quantitative estimate of drug-likeness (QED) is 0.351. The van der Waals surface area contributed by atoms with Crippen molar-refractivity contribution in [2.24, 2.45) is 0 Å². The van der Waals surface area contributed by atoms with Gasteiger partial charge in [-0.25, -0.2) is 4.98 Å². The highest BCUT2D eigenvalue weighted by Crippen LogP contribution is 2.34. The second kappa shape index (κ2) is 13.3. The molecule has 2 aromatic carbocycles. The number of rotatable bonds is 9. The second-order valence-corrected chi connectivity index (χ2v) is 12.4. The number of benzene rings is 2. The van der Waals surface area contributed by atoms with Crippen molar-refractivity contribution in [3.63, 3.8) is 0 Å². The van der Waals surface area contributed by atoms with Gasteiger partial charge in [0, 0.05) is 50.2 Å². The summed E-state index contributed by atoms with van der Waals surface area (Å²) in [5.74, 6) is -1.43. The second-order valence-electron chi connectivity index (χ2n) is 11.5. The summed E-state index contributed by atoms with van der Waals surface area (Å²) in [6.07, 6.45) is -1.46. The highest BCUT2D eigenvalue weighted by Gasteiger charge is 2.38. The minimum atomic E-state index is -1.87. The summed E-state index contributed by atoms with van der Waals surface area (Å²) in [4.78, 5) is 36.9. The Morgan fingerprint density at radius 3 is 2.48 bits per heavy atom. The number of aryl methyl sites for hydroxylation is 2. The van der Waals surface area contributed by atoms with E-state index in [1.54, 1.807) is 4.90 Å². The number of amides is 2. The van der Waals surface area contributed by atoms with Crippen molar-refractivity contribution in [1.82, 2.24) is 20.1 Å². The van der Waals surface area contributed by atoms with Crippen molar-refractivity contribution in [2.45, 2.75) is 57.9 Å². The van der Waals surface area contributed by atoms with Crippen molar-refractivity contribution < 1.29 is 19.8 Å². The zero-order chi connectivity index (χ0) is 29.8. The molecular formula is C32H41N5O4S. The van der Waals surface area contributed by atoms with Crippen molar-refractivity contribution in [1.29, 1.82) is 0 Å². The molecule has 0 saturated carbocycles. The Balaban J connectivity index is 1.17. The van der Waals surface area contributed by atoms with Crippen LogP contribution in [0.4, 0.5) is 5.69 Å². The third-order valence-electron chi connectivity index (χ3n) is 8.50. The molecule has 2 aliphatic heterocycles. The number of aliphatic hydroxyl groups excluding tert-OH is 2. The van der Waals surface area contributed by atoms with Gasteiger partial charge >= 0.3 is 0 Å². The molecule has 1 aromatic heterocycles. The SMILES string of the molecule is Cc1cccc(C)c1Cc1csc(CNC(=O)C(O)C(O)C(=O)N2CCCC2c2cccc(N3CCN(C)CC3)c2)n1. The van der Waals surface area contributed by atoms with Crippen LogP contribution in [0.15, 0.2) is 47.8 Å². The van der Waals surface area contributed by atoms with Crippen molar-refractivity contribution >= 4 is 28.8 Å². The van der Waals surface area contributed by atoms with Gasteiger partial charge in [-0.2, -0.15) is 0 Å². The maximum Gasteiger partial charge on any atom is 0.255 e. The van der Waals surface area contributed by atoms with E-state index in [0.29, 0.717) is 18.0 Å². The number of likely N-dealkylation sites (tertiary alicyclic amines) is 1. The number of aliphatic hydroxyl groups is 2. The Kier molecular flexibility index (Phi) is 9.57. The topological polar surface area (TPSA) is 109 Å². The lowest BCUT2D eigenvalue weighted by molar-refractivity contribution is -0.153. The van der Waals surface area contributed by atoms with Crippen LogP contribution in [0.1, 0.15) is 51.8 Å². The normalized spacial score (nSPS) is 19.1. The van der Waals surface area contributed by atoms with E-state index in [9.17, 15) is 19.8 Å². The van der Waals surface area contributed by atoms with Crippen LogP contribution in [-0.2, 0) is 22.6 Å². The van der Waals surface area contributed by atoms with Crippen LogP contribution in [0.2, 0.25) is 0 Å². The van der Waals surface area contributed by atoms with E-state index >= 15 is 0 Å². The number of carbonyl (C=O) groups is 2. The molecule has 5 rings (SSSR count). The Labute approximate surface area is 251 Å². The summed E-state index contributed by atoms with van der Waals surface area (Å²) >= 11 is 1.43. The first kappa shape index (κ1) is 30.2. The lowest BCUT2D eigenvalue weighted by atomic mass is 9.99. The van der Waals surface area contributed by atoms with Gasteiger partial charge in [-0.05, 0) is 68.1 Å². The Morgan fingerprint density at radius 2 is 1.74 bits per heavy atom. The summed E-state index contributed by atoms with van der Waals surface area (Å²) < 4.78 is 0. The summed E-state index contributed by atoms with van der Waals surface area (Å²) in [6.45, 7) is 8.64. The number of hydrogen-bond donors (Lipinski definition) is 3. The first-order chi connectivity index (χ1) is 20.2. The molecular weight excluding hydrogens is 550 g/mol. The summed E-state index contributed by atoms with van der Waals surface area (Å²) in [5.41, 5.74) is 6.70. The predicted molar refractivity (Wildman–Crippen MR) is 165 cm³/mol. The van der Waals surface area contributed by atoms with Gasteiger partial charge in [-0.1, -0.05) is 30.3 Å².